The molecule has 22 heavy (non-hydrogen) atoms. The Morgan fingerprint density at radius 1 is 1.27 bits per heavy atom. The zero-order valence-electron chi connectivity index (χ0n) is 13.9. The van der Waals surface area contributed by atoms with Gasteiger partial charge in [-0.15, -0.1) is 11.3 Å². The number of amides is 2. The van der Waals surface area contributed by atoms with Gasteiger partial charge in [0, 0.05) is 24.9 Å². The second-order valence-electron chi connectivity index (χ2n) is 7.10. The van der Waals surface area contributed by atoms with Gasteiger partial charge in [-0.25, -0.2) is 0 Å². The molecule has 0 bridgehead atoms. The highest BCUT2D eigenvalue weighted by Crippen LogP contribution is 2.39. The molecule has 1 heterocycles. The molecule has 4 nitrogen and oxygen atoms in total. The second-order valence-corrected chi connectivity index (χ2v) is 8.24. The average molecular weight is 322 g/mol. The van der Waals surface area contributed by atoms with E-state index in [4.69, 9.17) is 0 Å². The van der Waals surface area contributed by atoms with Crippen LogP contribution in [0.4, 0.5) is 0 Å². The summed E-state index contributed by atoms with van der Waals surface area (Å²) in [5.74, 6) is 0.580. The van der Waals surface area contributed by atoms with Crippen LogP contribution in [0.1, 0.15) is 54.2 Å². The third-order valence-electron chi connectivity index (χ3n) is 4.32. The maximum Gasteiger partial charge on any atom is 0.261 e. The van der Waals surface area contributed by atoms with Gasteiger partial charge in [0.15, 0.2) is 0 Å². The highest BCUT2D eigenvalue weighted by Gasteiger charge is 2.30. The van der Waals surface area contributed by atoms with Crippen LogP contribution < -0.4 is 10.6 Å². The standard InChI is InChI=1S/C17H26N2O2S/c1-11(20)18-7-8-19-16(21)15-10-12-9-13(17(2,3)4)5-6-14(12)22-15/h10,13H,5-9H2,1-4H3,(H,18,20)(H,19,21). The lowest BCUT2D eigenvalue weighted by Crippen LogP contribution is -2.33. The normalized spacial score (nSPS) is 17.7. The molecule has 0 radical (unpaired) electrons. The summed E-state index contributed by atoms with van der Waals surface area (Å²) in [5, 5.41) is 5.54. The maximum absolute atomic E-state index is 12.2. The van der Waals surface area contributed by atoms with Crippen LogP contribution in [0, 0.1) is 11.3 Å². The number of nitrogens with one attached hydrogen (secondary N) is 2. The van der Waals surface area contributed by atoms with Crippen molar-refractivity contribution in [3.05, 3.63) is 21.4 Å². The molecular formula is C17H26N2O2S. The molecule has 0 aliphatic heterocycles. The van der Waals surface area contributed by atoms with Crippen LogP contribution in [0.5, 0.6) is 0 Å². The quantitative estimate of drug-likeness (QED) is 0.838. The van der Waals surface area contributed by atoms with E-state index in [1.54, 1.807) is 11.3 Å². The smallest absolute Gasteiger partial charge is 0.261 e. The van der Waals surface area contributed by atoms with Gasteiger partial charge in [0.2, 0.25) is 5.91 Å². The fraction of sp³-hybridized carbons (Fsp3) is 0.647. The predicted octanol–water partition coefficient (Wildman–Crippen LogP) is 2.77. The minimum Gasteiger partial charge on any atom is -0.355 e. The minimum absolute atomic E-state index is 0.0305. The molecule has 1 aromatic rings. The fourth-order valence-corrected chi connectivity index (χ4v) is 4.00. The molecule has 0 saturated carbocycles. The monoisotopic (exact) mass is 322 g/mol. The van der Waals surface area contributed by atoms with Crippen molar-refractivity contribution in [1.82, 2.24) is 10.6 Å². The second kappa shape index (κ2) is 6.82. The number of hydrogen-bond donors (Lipinski definition) is 2. The number of carbonyl (C=O) groups excluding carboxylic acids is 2. The Hall–Kier alpha value is -1.36. The molecule has 0 aromatic carbocycles. The molecule has 1 unspecified atom stereocenters. The largest absolute Gasteiger partial charge is 0.355 e. The summed E-state index contributed by atoms with van der Waals surface area (Å²) in [6.07, 6.45) is 3.37. The Balaban J connectivity index is 1.94. The summed E-state index contributed by atoms with van der Waals surface area (Å²) in [6.45, 7) is 9.30. The average Bonchev–Trinajstić information content (AvgIpc) is 2.85. The van der Waals surface area contributed by atoms with Gasteiger partial charge in [-0.2, -0.15) is 0 Å². The topological polar surface area (TPSA) is 58.2 Å². The van der Waals surface area contributed by atoms with Crippen LogP contribution in [-0.4, -0.2) is 24.9 Å². The SMILES string of the molecule is CC(=O)NCCNC(=O)c1cc2c(s1)CCC(C(C)(C)C)C2. The highest BCUT2D eigenvalue weighted by atomic mass is 32.1. The van der Waals surface area contributed by atoms with Crippen LogP contribution in [0.3, 0.4) is 0 Å². The van der Waals surface area contributed by atoms with Crippen molar-refractivity contribution in [2.75, 3.05) is 13.1 Å². The first-order chi connectivity index (χ1) is 10.3. The fourth-order valence-electron chi connectivity index (χ4n) is 2.88. The molecule has 2 amide bonds. The zero-order valence-corrected chi connectivity index (χ0v) is 14.7. The van der Waals surface area contributed by atoms with Gasteiger partial charge in [0.1, 0.15) is 0 Å². The highest BCUT2D eigenvalue weighted by molar-refractivity contribution is 7.14. The third kappa shape index (κ3) is 4.32. The Labute approximate surface area is 136 Å². The Morgan fingerprint density at radius 3 is 2.59 bits per heavy atom. The van der Waals surface area contributed by atoms with Crippen molar-refractivity contribution in [1.29, 1.82) is 0 Å². The molecule has 0 spiro atoms. The van der Waals surface area contributed by atoms with E-state index < -0.39 is 0 Å². The lowest BCUT2D eigenvalue weighted by atomic mass is 9.72. The van der Waals surface area contributed by atoms with E-state index in [0.717, 1.165) is 17.7 Å². The molecule has 2 rings (SSSR count). The predicted molar refractivity (Wildman–Crippen MR) is 90.3 cm³/mol. The van der Waals surface area contributed by atoms with Crippen LogP contribution in [0.2, 0.25) is 0 Å². The molecule has 0 saturated heterocycles. The number of carbonyl (C=O) groups is 2. The molecule has 1 aliphatic carbocycles. The van der Waals surface area contributed by atoms with Gasteiger partial charge in [0.25, 0.3) is 5.91 Å². The van der Waals surface area contributed by atoms with E-state index in [-0.39, 0.29) is 11.8 Å². The summed E-state index contributed by atoms with van der Waals surface area (Å²) >= 11 is 1.62. The minimum atomic E-state index is -0.0749. The van der Waals surface area contributed by atoms with Crippen LogP contribution in [0.15, 0.2) is 6.07 Å². The van der Waals surface area contributed by atoms with E-state index in [1.165, 1.54) is 23.8 Å². The van der Waals surface area contributed by atoms with Crippen molar-refractivity contribution in [2.24, 2.45) is 11.3 Å². The summed E-state index contributed by atoms with van der Waals surface area (Å²) in [7, 11) is 0. The van der Waals surface area contributed by atoms with Gasteiger partial charge >= 0.3 is 0 Å². The molecule has 1 aliphatic rings. The summed E-state index contributed by atoms with van der Waals surface area (Å²) in [5.41, 5.74) is 1.67. The van der Waals surface area contributed by atoms with Gasteiger partial charge < -0.3 is 10.6 Å². The van der Waals surface area contributed by atoms with Crippen molar-refractivity contribution in [3.63, 3.8) is 0 Å². The van der Waals surface area contributed by atoms with Crippen molar-refractivity contribution >= 4 is 23.2 Å². The molecule has 0 fully saturated rings. The van der Waals surface area contributed by atoms with E-state index in [0.29, 0.717) is 24.4 Å². The first kappa shape index (κ1) is 17.0. The van der Waals surface area contributed by atoms with Crippen LogP contribution in [0.25, 0.3) is 0 Å². The van der Waals surface area contributed by atoms with Gasteiger partial charge in [-0.3, -0.25) is 9.59 Å². The number of rotatable bonds is 4. The van der Waals surface area contributed by atoms with Crippen molar-refractivity contribution in [3.8, 4) is 0 Å². The molecule has 2 N–H and O–H groups in total. The molecule has 122 valence electrons. The summed E-state index contributed by atoms with van der Waals surface area (Å²) in [6, 6.07) is 2.06. The van der Waals surface area contributed by atoms with Gasteiger partial charge in [-0.1, -0.05) is 20.8 Å². The third-order valence-corrected chi connectivity index (χ3v) is 5.55. The van der Waals surface area contributed by atoms with Gasteiger partial charge in [-0.05, 0) is 42.2 Å². The molecule has 5 heteroatoms. The van der Waals surface area contributed by atoms with Crippen molar-refractivity contribution in [2.45, 2.75) is 47.0 Å². The van der Waals surface area contributed by atoms with Crippen molar-refractivity contribution < 1.29 is 9.59 Å². The van der Waals surface area contributed by atoms with Gasteiger partial charge in [0.05, 0.1) is 4.88 Å². The summed E-state index contributed by atoms with van der Waals surface area (Å²) < 4.78 is 0. The van der Waals surface area contributed by atoms with Crippen LogP contribution in [-0.2, 0) is 17.6 Å². The Morgan fingerprint density at radius 2 is 1.95 bits per heavy atom. The number of aryl methyl sites for hydroxylation is 1. The Kier molecular flexibility index (Phi) is 5.27. The first-order valence-electron chi connectivity index (χ1n) is 7.91. The lowest BCUT2D eigenvalue weighted by molar-refractivity contribution is -0.118. The number of fused-ring (bicyclic) bond motifs is 1. The molecular weight excluding hydrogens is 296 g/mol. The number of hydrogen-bond acceptors (Lipinski definition) is 3. The van der Waals surface area contributed by atoms with E-state index in [9.17, 15) is 9.59 Å². The van der Waals surface area contributed by atoms with E-state index in [2.05, 4.69) is 37.5 Å². The maximum atomic E-state index is 12.2. The van der Waals surface area contributed by atoms with E-state index >= 15 is 0 Å². The zero-order chi connectivity index (χ0) is 16.3. The lowest BCUT2D eigenvalue weighted by Gasteiger charge is -2.33. The van der Waals surface area contributed by atoms with Crippen LogP contribution >= 0.6 is 11.3 Å². The summed E-state index contributed by atoms with van der Waals surface area (Å²) in [4.78, 5) is 25.1. The first-order valence-corrected chi connectivity index (χ1v) is 8.73. The molecule has 1 atom stereocenters. The van der Waals surface area contributed by atoms with E-state index in [1.807, 2.05) is 0 Å². The Bertz CT molecular complexity index is 557. The molecule has 1 aromatic heterocycles. The number of thiophene rings is 1.